The van der Waals surface area contributed by atoms with E-state index in [4.69, 9.17) is 4.74 Å². The number of para-hydroxylation sites is 1. The van der Waals surface area contributed by atoms with E-state index in [0.29, 0.717) is 12.5 Å². The number of fused-ring (bicyclic) bond motifs is 1. The van der Waals surface area contributed by atoms with E-state index >= 15 is 0 Å². The van der Waals surface area contributed by atoms with Gasteiger partial charge in [-0.3, -0.25) is 0 Å². The molecule has 24 heavy (non-hydrogen) atoms. The number of hydrogen-bond acceptors (Lipinski definition) is 2. The van der Waals surface area contributed by atoms with Gasteiger partial charge in [0, 0.05) is 5.92 Å². The van der Waals surface area contributed by atoms with Crippen molar-refractivity contribution < 1.29 is 14.7 Å². The number of piperidine rings is 1. The Morgan fingerprint density at radius 1 is 1.12 bits per heavy atom. The SMILES string of the molecule is CC(C)c1ccccc1OC[C@@H](O)C[NH+]1CC[C@@H]2CCCC[C@@H]2C1. The van der Waals surface area contributed by atoms with E-state index in [1.165, 1.54) is 50.8 Å². The summed E-state index contributed by atoms with van der Waals surface area (Å²) < 4.78 is 5.95. The van der Waals surface area contributed by atoms with Crippen LogP contribution in [0, 0.1) is 11.8 Å². The van der Waals surface area contributed by atoms with Crippen LogP contribution in [-0.4, -0.2) is 37.5 Å². The predicted octanol–water partition coefficient (Wildman–Crippen LogP) is 2.64. The maximum Gasteiger partial charge on any atom is 0.137 e. The van der Waals surface area contributed by atoms with Gasteiger partial charge < -0.3 is 14.7 Å². The highest BCUT2D eigenvalue weighted by Gasteiger charge is 2.34. The molecule has 0 spiro atoms. The quantitative estimate of drug-likeness (QED) is 0.840. The fourth-order valence-electron chi connectivity index (χ4n) is 4.65. The number of ether oxygens (including phenoxy) is 1. The lowest BCUT2D eigenvalue weighted by Gasteiger charge is -2.39. The van der Waals surface area contributed by atoms with Crippen molar-refractivity contribution in [3.63, 3.8) is 0 Å². The number of nitrogens with one attached hydrogen (secondary N) is 1. The first kappa shape index (κ1) is 17.8. The highest BCUT2D eigenvalue weighted by molar-refractivity contribution is 5.35. The van der Waals surface area contributed by atoms with Crippen LogP contribution in [0.3, 0.4) is 0 Å². The fraction of sp³-hybridized carbons (Fsp3) is 0.714. The lowest BCUT2D eigenvalue weighted by atomic mass is 9.75. The van der Waals surface area contributed by atoms with Crippen molar-refractivity contribution in [2.75, 3.05) is 26.2 Å². The first-order valence-electron chi connectivity index (χ1n) is 9.87. The van der Waals surface area contributed by atoms with Gasteiger partial charge in [0.25, 0.3) is 0 Å². The summed E-state index contributed by atoms with van der Waals surface area (Å²) in [6.45, 7) is 8.06. The van der Waals surface area contributed by atoms with Gasteiger partial charge in [0.05, 0.1) is 13.1 Å². The van der Waals surface area contributed by atoms with Crippen LogP contribution in [0.15, 0.2) is 24.3 Å². The number of likely N-dealkylation sites (tertiary alicyclic amines) is 1. The smallest absolute Gasteiger partial charge is 0.137 e. The van der Waals surface area contributed by atoms with Gasteiger partial charge in [-0.15, -0.1) is 0 Å². The molecule has 1 aliphatic carbocycles. The zero-order valence-electron chi connectivity index (χ0n) is 15.3. The van der Waals surface area contributed by atoms with Gasteiger partial charge in [0.1, 0.15) is 25.0 Å². The fourth-order valence-corrected chi connectivity index (χ4v) is 4.65. The molecule has 0 amide bonds. The van der Waals surface area contributed by atoms with Crippen molar-refractivity contribution in [3.8, 4) is 5.75 Å². The molecule has 0 aromatic heterocycles. The van der Waals surface area contributed by atoms with Gasteiger partial charge in [0.2, 0.25) is 0 Å². The maximum absolute atomic E-state index is 10.4. The standard InChI is InChI=1S/C21H33NO2/c1-16(2)20-9-5-6-10-21(20)24-15-19(23)14-22-12-11-17-7-3-4-8-18(17)13-22/h5-6,9-10,16-19,23H,3-4,7-8,11-15H2,1-2H3/p+1/t17-,18+,19-/m0/s1. The van der Waals surface area contributed by atoms with E-state index in [9.17, 15) is 5.11 Å². The zero-order valence-corrected chi connectivity index (χ0v) is 15.3. The Bertz CT molecular complexity index is 516. The van der Waals surface area contributed by atoms with Crippen LogP contribution in [-0.2, 0) is 0 Å². The van der Waals surface area contributed by atoms with Crippen molar-refractivity contribution in [2.45, 2.75) is 58.0 Å². The minimum Gasteiger partial charge on any atom is -0.490 e. The van der Waals surface area contributed by atoms with E-state index in [-0.39, 0.29) is 6.10 Å². The predicted molar refractivity (Wildman–Crippen MR) is 97.7 cm³/mol. The Morgan fingerprint density at radius 2 is 1.88 bits per heavy atom. The summed E-state index contributed by atoms with van der Waals surface area (Å²) in [7, 11) is 0. The number of benzene rings is 1. The zero-order chi connectivity index (χ0) is 16.9. The second kappa shape index (κ2) is 8.35. The van der Waals surface area contributed by atoms with Crippen LogP contribution in [0.25, 0.3) is 0 Å². The first-order valence-corrected chi connectivity index (χ1v) is 9.87. The lowest BCUT2D eigenvalue weighted by Crippen LogP contribution is -3.15. The number of aliphatic hydroxyl groups is 1. The van der Waals surface area contributed by atoms with E-state index in [1.807, 2.05) is 12.1 Å². The molecule has 2 aliphatic rings. The van der Waals surface area contributed by atoms with Crippen LogP contribution < -0.4 is 9.64 Å². The first-order chi connectivity index (χ1) is 11.6. The number of rotatable bonds is 6. The summed E-state index contributed by atoms with van der Waals surface area (Å²) in [5.74, 6) is 3.23. The molecular weight excluding hydrogens is 298 g/mol. The van der Waals surface area contributed by atoms with Crippen LogP contribution >= 0.6 is 0 Å². The monoisotopic (exact) mass is 332 g/mol. The molecule has 2 fully saturated rings. The summed E-state index contributed by atoms with van der Waals surface area (Å²) in [5, 5.41) is 10.4. The topological polar surface area (TPSA) is 33.9 Å². The van der Waals surface area contributed by atoms with Crippen LogP contribution in [0.2, 0.25) is 0 Å². The van der Waals surface area contributed by atoms with E-state index in [0.717, 1.165) is 24.1 Å². The Balaban J connectivity index is 1.47. The van der Waals surface area contributed by atoms with Crippen molar-refractivity contribution >= 4 is 0 Å². The molecule has 1 unspecified atom stereocenters. The second-order valence-corrected chi connectivity index (χ2v) is 8.16. The molecule has 1 aliphatic heterocycles. The molecule has 1 saturated carbocycles. The summed E-state index contributed by atoms with van der Waals surface area (Å²) in [4.78, 5) is 1.58. The van der Waals surface area contributed by atoms with Crippen LogP contribution in [0.1, 0.15) is 57.4 Å². The van der Waals surface area contributed by atoms with Crippen LogP contribution in [0.4, 0.5) is 0 Å². The largest absolute Gasteiger partial charge is 0.490 e. The number of quaternary nitrogens is 1. The molecular formula is C21H34NO2+. The highest BCUT2D eigenvalue weighted by Crippen LogP contribution is 2.32. The average Bonchev–Trinajstić information content (AvgIpc) is 2.60. The highest BCUT2D eigenvalue weighted by atomic mass is 16.5. The third-order valence-corrected chi connectivity index (χ3v) is 5.98. The molecule has 3 heteroatoms. The maximum atomic E-state index is 10.4. The minimum absolute atomic E-state index is 0.375. The minimum atomic E-state index is -0.375. The van der Waals surface area contributed by atoms with Gasteiger partial charge in [-0.25, -0.2) is 0 Å². The van der Waals surface area contributed by atoms with Crippen molar-refractivity contribution in [1.82, 2.24) is 0 Å². The molecule has 0 radical (unpaired) electrons. The molecule has 1 aromatic rings. The summed E-state index contributed by atoms with van der Waals surface area (Å²) in [6.07, 6.45) is 6.66. The third kappa shape index (κ3) is 4.52. The molecule has 0 bridgehead atoms. The van der Waals surface area contributed by atoms with Gasteiger partial charge in [-0.05, 0) is 42.7 Å². The summed E-state index contributed by atoms with van der Waals surface area (Å²) in [5.41, 5.74) is 1.22. The molecule has 2 N–H and O–H groups in total. The van der Waals surface area contributed by atoms with Gasteiger partial charge in [-0.2, -0.15) is 0 Å². The molecule has 134 valence electrons. The molecule has 1 aromatic carbocycles. The van der Waals surface area contributed by atoms with Crippen LogP contribution in [0.5, 0.6) is 5.75 Å². The lowest BCUT2D eigenvalue weighted by molar-refractivity contribution is -0.913. The average molecular weight is 333 g/mol. The van der Waals surface area contributed by atoms with E-state index in [2.05, 4.69) is 26.0 Å². The van der Waals surface area contributed by atoms with Crippen molar-refractivity contribution in [2.24, 2.45) is 11.8 Å². The Hall–Kier alpha value is -1.06. The molecule has 1 heterocycles. The van der Waals surface area contributed by atoms with Crippen molar-refractivity contribution in [3.05, 3.63) is 29.8 Å². The number of aliphatic hydroxyl groups excluding tert-OH is 1. The third-order valence-electron chi connectivity index (χ3n) is 5.98. The normalized spacial score (nSPS) is 28.4. The van der Waals surface area contributed by atoms with Gasteiger partial charge >= 0.3 is 0 Å². The molecule has 3 rings (SSSR count). The Labute approximate surface area is 147 Å². The Morgan fingerprint density at radius 3 is 2.67 bits per heavy atom. The van der Waals surface area contributed by atoms with Gasteiger partial charge in [0.15, 0.2) is 0 Å². The summed E-state index contributed by atoms with van der Waals surface area (Å²) >= 11 is 0. The summed E-state index contributed by atoms with van der Waals surface area (Å²) in [6, 6.07) is 8.19. The van der Waals surface area contributed by atoms with Gasteiger partial charge in [-0.1, -0.05) is 44.9 Å². The van der Waals surface area contributed by atoms with Crippen molar-refractivity contribution in [1.29, 1.82) is 0 Å². The Kier molecular flexibility index (Phi) is 6.18. The van der Waals surface area contributed by atoms with E-state index < -0.39 is 0 Å². The number of hydrogen-bond donors (Lipinski definition) is 2. The molecule has 1 saturated heterocycles. The molecule has 4 atom stereocenters. The van der Waals surface area contributed by atoms with E-state index in [1.54, 1.807) is 4.90 Å². The second-order valence-electron chi connectivity index (χ2n) is 8.16. The molecule has 3 nitrogen and oxygen atoms in total.